The molecule has 0 aromatic carbocycles. The summed E-state index contributed by atoms with van der Waals surface area (Å²) in [6, 6.07) is 0. The molecular weight excluding hydrogens is 218 g/mol. The molecule has 1 fully saturated rings. The minimum atomic E-state index is 0.523. The Morgan fingerprint density at radius 2 is 1.61 bits per heavy atom. The Morgan fingerprint density at radius 1 is 1.00 bits per heavy atom. The number of likely N-dealkylation sites (tertiary alicyclic amines) is 1. The number of hydrogen-bond donors (Lipinski definition) is 0. The Morgan fingerprint density at radius 3 is 2.11 bits per heavy atom. The van der Waals surface area contributed by atoms with E-state index < -0.39 is 0 Å². The second-order valence-electron chi connectivity index (χ2n) is 7.79. The predicted octanol–water partition coefficient (Wildman–Crippen LogP) is 4.96. The lowest BCUT2D eigenvalue weighted by atomic mass is 9.86. The molecular formula is C17H35N. The maximum absolute atomic E-state index is 2.69. The molecule has 1 aliphatic heterocycles. The largest absolute Gasteiger partial charge is 0.303 e. The number of hydrogen-bond acceptors (Lipinski definition) is 1. The molecule has 18 heavy (non-hydrogen) atoms. The van der Waals surface area contributed by atoms with E-state index in [1.807, 2.05) is 0 Å². The van der Waals surface area contributed by atoms with E-state index in [4.69, 9.17) is 0 Å². The van der Waals surface area contributed by atoms with Gasteiger partial charge in [-0.05, 0) is 62.6 Å². The molecule has 108 valence electrons. The van der Waals surface area contributed by atoms with Crippen molar-refractivity contribution in [2.24, 2.45) is 17.3 Å². The summed E-state index contributed by atoms with van der Waals surface area (Å²) in [5, 5.41) is 0. The zero-order chi connectivity index (χ0) is 13.6. The summed E-state index contributed by atoms with van der Waals surface area (Å²) < 4.78 is 0. The standard InChI is InChI=1S/C17H35N/c1-15(2)16-9-13-18(14-10-16)12-8-6-7-11-17(3,4)5/h15-16H,6-14H2,1-5H3. The molecule has 0 saturated carbocycles. The second-order valence-corrected chi connectivity index (χ2v) is 7.79. The van der Waals surface area contributed by atoms with Crippen molar-refractivity contribution in [3.63, 3.8) is 0 Å². The Labute approximate surface area is 115 Å². The van der Waals surface area contributed by atoms with Gasteiger partial charge in [0.2, 0.25) is 0 Å². The van der Waals surface area contributed by atoms with E-state index in [0.29, 0.717) is 5.41 Å². The quantitative estimate of drug-likeness (QED) is 0.605. The number of nitrogens with zero attached hydrogens (tertiary/aromatic N) is 1. The number of unbranched alkanes of at least 4 members (excludes halogenated alkanes) is 2. The molecule has 1 heterocycles. The first kappa shape index (κ1) is 16.0. The van der Waals surface area contributed by atoms with Crippen LogP contribution in [0.5, 0.6) is 0 Å². The van der Waals surface area contributed by atoms with Gasteiger partial charge in [-0.2, -0.15) is 0 Å². The minimum absolute atomic E-state index is 0.523. The Hall–Kier alpha value is -0.0400. The van der Waals surface area contributed by atoms with E-state index >= 15 is 0 Å². The Balaban J connectivity index is 2.01. The maximum Gasteiger partial charge on any atom is -0.00160 e. The summed E-state index contributed by atoms with van der Waals surface area (Å²) in [4.78, 5) is 2.69. The molecule has 0 radical (unpaired) electrons. The molecule has 0 unspecified atom stereocenters. The third-order valence-corrected chi connectivity index (χ3v) is 4.48. The number of rotatable bonds is 6. The first-order chi connectivity index (χ1) is 8.38. The van der Waals surface area contributed by atoms with Crippen LogP contribution in [-0.4, -0.2) is 24.5 Å². The van der Waals surface area contributed by atoms with Gasteiger partial charge in [-0.1, -0.05) is 47.5 Å². The van der Waals surface area contributed by atoms with Crippen molar-refractivity contribution >= 4 is 0 Å². The van der Waals surface area contributed by atoms with Gasteiger partial charge in [-0.15, -0.1) is 0 Å². The van der Waals surface area contributed by atoms with Gasteiger partial charge in [0.15, 0.2) is 0 Å². The van der Waals surface area contributed by atoms with Crippen molar-refractivity contribution in [2.45, 2.75) is 73.1 Å². The lowest BCUT2D eigenvalue weighted by molar-refractivity contribution is 0.155. The molecule has 0 amide bonds. The van der Waals surface area contributed by atoms with Crippen LogP contribution in [0.4, 0.5) is 0 Å². The summed E-state index contributed by atoms with van der Waals surface area (Å²) in [5.74, 6) is 1.88. The van der Waals surface area contributed by atoms with Crippen LogP contribution in [0.15, 0.2) is 0 Å². The zero-order valence-electron chi connectivity index (χ0n) is 13.5. The topological polar surface area (TPSA) is 3.24 Å². The highest BCUT2D eigenvalue weighted by atomic mass is 15.1. The normalized spacial score (nSPS) is 19.7. The highest BCUT2D eigenvalue weighted by molar-refractivity contribution is 4.74. The van der Waals surface area contributed by atoms with Crippen LogP contribution >= 0.6 is 0 Å². The van der Waals surface area contributed by atoms with Gasteiger partial charge in [0.25, 0.3) is 0 Å². The van der Waals surface area contributed by atoms with Crippen LogP contribution in [0.25, 0.3) is 0 Å². The van der Waals surface area contributed by atoms with E-state index in [1.54, 1.807) is 0 Å². The molecule has 0 bridgehead atoms. The van der Waals surface area contributed by atoms with E-state index in [0.717, 1.165) is 11.8 Å². The molecule has 1 saturated heterocycles. The molecule has 0 spiro atoms. The fourth-order valence-electron chi connectivity index (χ4n) is 3.01. The van der Waals surface area contributed by atoms with E-state index in [2.05, 4.69) is 39.5 Å². The Kier molecular flexibility index (Phi) is 6.70. The fraction of sp³-hybridized carbons (Fsp3) is 1.00. The lowest BCUT2D eigenvalue weighted by Gasteiger charge is -2.33. The van der Waals surface area contributed by atoms with Crippen molar-refractivity contribution in [3.05, 3.63) is 0 Å². The molecule has 0 aliphatic carbocycles. The molecule has 1 aliphatic rings. The van der Waals surface area contributed by atoms with Gasteiger partial charge >= 0.3 is 0 Å². The smallest absolute Gasteiger partial charge is 0.00160 e. The van der Waals surface area contributed by atoms with Crippen LogP contribution in [-0.2, 0) is 0 Å². The Bertz CT molecular complexity index is 206. The molecule has 1 rings (SSSR count). The second kappa shape index (κ2) is 7.53. The summed E-state index contributed by atoms with van der Waals surface area (Å²) in [7, 11) is 0. The summed E-state index contributed by atoms with van der Waals surface area (Å²) in [6.07, 6.45) is 8.47. The molecule has 0 aromatic heterocycles. The molecule has 0 N–H and O–H groups in total. The third kappa shape index (κ3) is 6.78. The number of piperidine rings is 1. The van der Waals surface area contributed by atoms with Gasteiger partial charge in [-0.3, -0.25) is 0 Å². The average molecular weight is 253 g/mol. The minimum Gasteiger partial charge on any atom is -0.303 e. The van der Waals surface area contributed by atoms with Gasteiger partial charge in [0, 0.05) is 0 Å². The maximum atomic E-state index is 2.69. The zero-order valence-corrected chi connectivity index (χ0v) is 13.5. The van der Waals surface area contributed by atoms with Crippen molar-refractivity contribution in [3.8, 4) is 0 Å². The average Bonchev–Trinajstić information content (AvgIpc) is 2.27. The fourth-order valence-corrected chi connectivity index (χ4v) is 3.01. The van der Waals surface area contributed by atoms with E-state index in [-0.39, 0.29) is 0 Å². The lowest BCUT2D eigenvalue weighted by Crippen LogP contribution is -2.35. The van der Waals surface area contributed by atoms with Crippen molar-refractivity contribution in [1.29, 1.82) is 0 Å². The van der Waals surface area contributed by atoms with Gasteiger partial charge in [-0.25, -0.2) is 0 Å². The highest BCUT2D eigenvalue weighted by Gasteiger charge is 2.20. The molecule has 1 heteroatoms. The van der Waals surface area contributed by atoms with Gasteiger partial charge in [0.1, 0.15) is 0 Å². The van der Waals surface area contributed by atoms with Gasteiger partial charge < -0.3 is 4.90 Å². The van der Waals surface area contributed by atoms with E-state index in [1.165, 1.54) is 58.2 Å². The first-order valence-corrected chi connectivity index (χ1v) is 8.11. The SMILES string of the molecule is CC(C)C1CCN(CCCCCC(C)(C)C)CC1. The van der Waals surface area contributed by atoms with Crippen LogP contribution in [0.1, 0.15) is 73.1 Å². The monoisotopic (exact) mass is 253 g/mol. The van der Waals surface area contributed by atoms with Crippen molar-refractivity contribution in [2.75, 3.05) is 19.6 Å². The highest BCUT2D eigenvalue weighted by Crippen LogP contribution is 2.25. The van der Waals surface area contributed by atoms with Crippen LogP contribution < -0.4 is 0 Å². The van der Waals surface area contributed by atoms with Crippen LogP contribution in [0, 0.1) is 17.3 Å². The molecule has 1 nitrogen and oxygen atoms in total. The van der Waals surface area contributed by atoms with Gasteiger partial charge in [0.05, 0.1) is 0 Å². The summed E-state index contributed by atoms with van der Waals surface area (Å²) >= 11 is 0. The molecule has 0 aromatic rings. The van der Waals surface area contributed by atoms with Crippen LogP contribution in [0.3, 0.4) is 0 Å². The first-order valence-electron chi connectivity index (χ1n) is 8.11. The van der Waals surface area contributed by atoms with Crippen LogP contribution in [0.2, 0.25) is 0 Å². The van der Waals surface area contributed by atoms with Crippen molar-refractivity contribution in [1.82, 2.24) is 4.90 Å². The summed E-state index contributed by atoms with van der Waals surface area (Å²) in [6.45, 7) is 15.9. The van der Waals surface area contributed by atoms with E-state index in [9.17, 15) is 0 Å². The third-order valence-electron chi connectivity index (χ3n) is 4.48. The summed E-state index contributed by atoms with van der Waals surface area (Å²) in [5.41, 5.74) is 0.523. The molecule has 0 atom stereocenters. The van der Waals surface area contributed by atoms with Crippen molar-refractivity contribution < 1.29 is 0 Å². The predicted molar refractivity (Wildman–Crippen MR) is 81.9 cm³/mol.